The molecule has 7 heteroatoms. The Balaban J connectivity index is 1.74. The summed E-state index contributed by atoms with van der Waals surface area (Å²) in [4.78, 5) is 12.2. The molecule has 0 fully saturated rings. The highest BCUT2D eigenvalue weighted by atomic mass is 16.3. The normalized spacial score (nSPS) is 11.5. The molecule has 0 aliphatic rings. The Kier molecular flexibility index (Phi) is 4.10. The van der Waals surface area contributed by atoms with E-state index in [1.54, 1.807) is 48.5 Å². The van der Waals surface area contributed by atoms with E-state index in [4.69, 9.17) is 0 Å². The molecule has 0 bridgehead atoms. The smallest absolute Gasteiger partial charge is 0.269 e. The maximum Gasteiger partial charge on any atom is 0.269 e. The van der Waals surface area contributed by atoms with Gasteiger partial charge in [-0.3, -0.25) is 0 Å². The number of benzene rings is 2. The molecule has 23 heavy (non-hydrogen) atoms. The Bertz CT molecular complexity index is 800. The summed E-state index contributed by atoms with van der Waals surface area (Å²) in [7, 11) is 0. The van der Waals surface area contributed by atoms with Gasteiger partial charge in [-0.2, -0.15) is 4.98 Å². The largest absolute Gasteiger partial charge is 0.507 e. The minimum Gasteiger partial charge on any atom is -0.507 e. The van der Waals surface area contributed by atoms with Gasteiger partial charge in [0.25, 0.3) is 5.95 Å². The number of nitrogens with one attached hydrogen (secondary N) is 1. The number of aromatic amines is 1. The first kappa shape index (κ1) is 14.5. The van der Waals surface area contributed by atoms with E-state index in [0.717, 1.165) is 0 Å². The van der Waals surface area contributed by atoms with Crippen molar-refractivity contribution >= 4 is 24.3 Å². The summed E-state index contributed by atoms with van der Waals surface area (Å²) in [6, 6.07) is 13.6. The van der Waals surface area contributed by atoms with E-state index >= 15 is 0 Å². The van der Waals surface area contributed by atoms with Crippen LogP contribution in [0.3, 0.4) is 0 Å². The second-order valence-electron chi connectivity index (χ2n) is 4.59. The van der Waals surface area contributed by atoms with Gasteiger partial charge in [0.2, 0.25) is 5.95 Å². The molecule has 7 nitrogen and oxygen atoms in total. The van der Waals surface area contributed by atoms with Crippen molar-refractivity contribution in [3.63, 3.8) is 0 Å². The van der Waals surface area contributed by atoms with Crippen molar-refractivity contribution in [2.75, 3.05) is 0 Å². The van der Waals surface area contributed by atoms with Crippen LogP contribution in [0.1, 0.15) is 11.1 Å². The van der Waals surface area contributed by atoms with Gasteiger partial charge < -0.3 is 10.2 Å². The molecule has 2 aromatic carbocycles. The zero-order valence-corrected chi connectivity index (χ0v) is 12.0. The van der Waals surface area contributed by atoms with Gasteiger partial charge in [0.05, 0.1) is 0 Å². The van der Waals surface area contributed by atoms with Gasteiger partial charge in [-0.15, -0.1) is 5.10 Å². The Hall–Kier alpha value is -3.48. The molecule has 0 spiro atoms. The number of phenols is 2. The highest BCUT2D eigenvalue weighted by Gasteiger charge is 2.01. The fourth-order valence-corrected chi connectivity index (χ4v) is 1.81. The first-order valence-electron chi connectivity index (χ1n) is 6.79. The van der Waals surface area contributed by atoms with Crippen LogP contribution in [-0.2, 0) is 0 Å². The number of aromatic hydroxyl groups is 2. The minimum atomic E-state index is 0.129. The Morgan fingerprint density at radius 1 is 0.826 bits per heavy atom. The molecular weight excluding hydrogens is 294 g/mol. The van der Waals surface area contributed by atoms with Gasteiger partial charge >= 0.3 is 0 Å². The average Bonchev–Trinajstić information content (AvgIpc) is 3.01. The predicted octanol–water partition coefficient (Wildman–Crippen LogP) is 2.72. The van der Waals surface area contributed by atoms with Crippen molar-refractivity contribution in [3.8, 4) is 11.5 Å². The van der Waals surface area contributed by atoms with Crippen LogP contribution >= 0.6 is 0 Å². The number of aromatic nitrogens is 3. The van der Waals surface area contributed by atoms with Crippen LogP contribution in [0, 0.1) is 0 Å². The van der Waals surface area contributed by atoms with Gasteiger partial charge in [0.1, 0.15) is 11.5 Å². The number of para-hydroxylation sites is 2. The number of hydrogen-bond donors (Lipinski definition) is 3. The molecule has 0 saturated carbocycles. The molecule has 1 aromatic heterocycles. The lowest BCUT2D eigenvalue weighted by Crippen LogP contribution is -1.81. The minimum absolute atomic E-state index is 0.129. The molecule has 1 heterocycles. The van der Waals surface area contributed by atoms with Crippen LogP contribution < -0.4 is 0 Å². The van der Waals surface area contributed by atoms with Gasteiger partial charge in [-0.25, -0.2) is 15.1 Å². The number of phenolic OH excluding ortho intramolecular Hbond substituents is 2. The van der Waals surface area contributed by atoms with E-state index in [2.05, 4.69) is 25.2 Å². The van der Waals surface area contributed by atoms with Crippen molar-refractivity contribution in [2.24, 2.45) is 9.98 Å². The van der Waals surface area contributed by atoms with Crippen LogP contribution in [0.25, 0.3) is 0 Å². The van der Waals surface area contributed by atoms with E-state index < -0.39 is 0 Å². The first-order valence-corrected chi connectivity index (χ1v) is 6.79. The molecular formula is C16H13N5O2. The van der Waals surface area contributed by atoms with E-state index in [1.165, 1.54) is 12.4 Å². The molecule has 3 aromatic rings. The third-order valence-corrected chi connectivity index (χ3v) is 2.98. The van der Waals surface area contributed by atoms with Crippen LogP contribution in [0.5, 0.6) is 11.5 Å². The highest BCUT2D eigenvalue weighted by molar-refractivity contribution is 5.85. The zero-order chi connectivity index (χ0) is 16.1. The quantitative estimate of drug-likeness (QED) is 0.644. The van der Waals surface area contributed by atoms with Crippen LogP contribution in [0.2, 0.25) is 0 Å². The molecule has 3 N–H and O–H groups in total. The maximum atomic E-state index is 9.65. The third kappa shape index (κ3) is 3.59. The summed E-state index contributed by atoms with van der Waals surface area (Å²) < 4.78 is 0. The predicted molar refractivity (Wildman–Crippen MR) is 87.1 cm³/mol. The monoisotopic (exact) mass is 307 g/mol. The fraction of sp³-hybridized carbons (Fsp3) is 0. The Labute approximate surface area is 131 Å². The van der Waals surface area contributed by atoms with Gasteiger partial charge in [-0.1, -0.05) is 24.3 Å². The van der Waals surface area contributed by atoms with Crippen LogP contribution in [0.15, 0.2) is 58.5 Å². The standard InChI is InChI=1S/C16H13N5O2/c22-13-7-3-1-5-11(13)9-17-15-19-16(21-20-15)18-10-12-6-2-4-8-14(12)23/h1-10,22-23H,(H,19,20,21)/b17-9+,18-10+. The molecule has 114 valence electrons. The van der Waals surface area contributed by atoms with Gasteiger partial charge in [0.15, 0.2) is 0 Å². The topological polar surface area (TPSA) is 107 Å². The van der Waals surface area contributed by atoms with Crippen LogP contribution in [-0.4, -0.2) is 37.8 Å². The second-order valence-corrected chi connectivity index (χ2v) is 4.59. The summed E-state index contributed by atoms with van der Waals surface area (Å²) >= 11 is 0. The summed E-state index contributed by atoms with van der Waals surface area (Å²) in [6.45, 7) is 0. The lowest BCUT2D eigenvalue weighted by Gasteiger charge is -1.95. The number of hydrogen-bond acceptors (Lipinski definition) is 6. The summed E-state index contributed by atoms with van der Waals surface area (Å²) in [5.41, 5.74) is 1.14. The third-order valence-electron chi connectivity index (χ3n) is 2.98. The zero-order valence-electron chi connectivity index (χ0n) is 12.0. The number of H-pyrrole nitrogens is 1. The van der Waals surface area contributed by atoms with Crippen molar-refractivity contribution in [1.29, 1.82) is 0 Å². The van der Waals surface area contributed by atoms with Crippen molar-refractivity contribution in [1.82, 2.24) is 15.2 Å². The Morgan fingerprint density at radius 2 is 1.39 bits per heavy atom. The molecule has 0 aliphatic heterocycles. The summed E-state index contributed by atoms with van der Waals surface area (Å²) in [6.07, 6.45) is 2.95. The molecule has 0 radical (unpaired) electrons. The van der Waals surface area contributed by atoms with Gasteiger partial charge in [-0.05, 0) is 24.3 Å². The van der Waals surface area contributed by atoms with E-state index in [0.29, 0.717) is 11.1 Å². The molecule has 3 rings (SSSR count). The van der Waals surface area contributed by atoms with E-state index in [1.807, 2.05) is 0 Å². The lowest BCUT2D eigenvalue weighted by molar-refractivity contribution is 0.474. The van der Waals surface area contributed by atoms with E-state index in [-0.39, 0.29) is 23.4 Å². The fourth-order valence-electron chi connectivity index (χ4n) is 1.81. The van der Waals surface area contributed by atoms with Crippen LogP contribution in [0.4, 0.5) is 11.9 Å². The number of rotatable bonds is 4. The molecule has 0 atom stereocenters. The lowest BCUT2D eigenvalue weighted by atomic mass is 10.2. The van der Waals surface area contributed by atoms with Crippen molar-refractivity contribution < 1.29 is 10.2 Å². The van der Waals surface area contributed by atoms with E-state index in [9.17, 15) is 10.2 Å². The average molecular weight is 307 g/mol. The molecule has 0 amide bonds. The van der Waals surface area contributed by atoms with Crippen molar-refractivity contribution in [2.45, 2.75) is 0 Å². The first-order chi connectivity index (χ1) is 11.2. The Morgan fingerprint density at radius 3 is 2.00 bits per heavy atom. The molecule has 0 unspecified atom stereocenters. The SMILES string of the molecule is Oc1ccccc1/C=N/c1n[nH]c(/N=C/c2ccccc2O)n1. The summed E-state index contributed by atoms with van der Waals surface area (Å²) in [5, 5.41) is 25.8. The van der Waals surface area contributed by atoms with Gasteiger partial charge in [0, 0.05) is 23.6 Å². The highest BCUT2D eigenvalue weighted by Crippen LogP contribution is 2.16. The second kappa shape index (κ2) is 6.52. The number of nitrogens with zero attached hydrogens (tertiary/aromatic N) is 4. The summed E-state index contributed by atoms with van der Waals surface area (Å²) in [5.74, 6) is 0.716. The van der Waals surface area contributed by atoms with Crippen molar-refractivity contribution in [3.05, 3.63) is 59.7 Å². The molecule has 0 aliphatic carbocycles. The maximum absolute atomic E-state index is 9.65. The number of aliphatic imine (C=N–C) groups is 2. The molecule has 0 saturated heterocycles.